The summed E-state index contributed by atoms with van der Waals surface area (Å²) in [7, 11) is 0. The summed E-state index contributed by atoms with van der Waals surface area (Å²) in [5.74, 6) is -2.43. The summed E-state index contributed by atoms with van der Waals surface area (Å²) in [6, 6.07) is 7.92. The fourth-order valence-electron chi connectivity index (χ4n) is 5.19. The van der Waals surface area contributed by atoms with Crippen molar-refractivity contribution in [1.29, 1.82) is 0 Å². The van der Waals surface area contributed by atoms with E-state index in [4.69, 9.17) is 28.4 Å². The summed E-state index contributed by atoms with van der Waals surface area (Å²) in [6.07, 6.45) is -12.2. The van der Waals surface area contributed by atoms with Gasteiger partial charge in [0, 0.05) is 6.08 Å². The van der Waals surface area contributed by atoms with Gasteiger partial charge >= 0.3 is 5.97 Å². The largest absolute Gasteiger partial charge is 0.504 e. The van der Waals surface area contributed by atoms with Crippen molar-refractivity contribution in [1.82, 2.24) is 0 Å². The molecule has 0 radical (unpaired) electrons. The first-order chi connectivity index (χ1) is 21.0. The van der Waals surface area contributed by atoms with E-state index in [2.05, 4.69) is 0 Å². The van der Waals surface area contributed by atoms with Crippen molar-refractivity contribution in [3.63, 3.8) is 0 Å². The van der Waals surface area contributed by atoms with E-state index < -0.39 is 91.6 Å². The lowest BCUT2D eigenvalue weighted by molar-refractivity contribution is -0.384. The Balaban J connectivity index is 1.43. The smallest absolute Gasteiger partial charge is 0.331 e. The minimum Gasteiger partial charge on any atom is -0.504 e. The lowest BCUT2D eigenvalue weighted by Crippen LogP contribution is -2.66. The normalized spacial score (nSPS) is 35.7. The summed E-state index contributed by atoms with van der Waals surface area (Å²) >= 11 is 0. The molecule has 15 heteroatoms. The highest BCUT2D eigenvalue weighted by molar-refractivity contribution is 5.87. The highest BCUT2D eigenvalue weighted by atomic mass is 16.8. The number of ether oxygens (including phenoxy) is 6. The van der Waals surface area contributed by atoms with Crippen LogP contribution in [0.15, 0.2) is 42.5 Å². The van der Waals surface area contributed by atoms with Crippen LogP contribution in [0.2, 0.25) is 0 Å². The van der Waals surface area contributed by atoms with Crippen molar-refractivity contribution in [3.8, 4) is 23.0 Å². The van der Waals surface area contributed by atoms with Gasteiger partial charge in [0.05, 0.1) is 19.3 Å². The molecule has 0 saturated carbocycles. The average Bonchev–Trinajstić information content (AvgIpc) is 3.01. The summed E-state index contributed by atoms with van der Waals surface area (Å²) in [5, 5.41) is 80.3. The number of hydrogen-bond acceptors (Lipinski definition) is 15. The highest BCUT2D eigenvalue weighted by Gasteiger charge is 2.55. The zero-order chi connectivity index (χ0) is 31.7. The average molecular weight is 623 g/mol. The van der Waals surface area contributed by atoms with E-state index in [1.165, 1.54) is 49.4 Å². The number of carbonyl (C=O) groups is 1. The van der Waals surface area contributed by atoms with Crippen LogP contribution >= 0.6 is 0 Å². The van der Waals surface area contributed by atoms with Gasteiger partial charge in [0.25, 0.3) is 0 Å². The molecule has 0 amide bonds. The lowest BCUT2D eigenvalue weighted by atomic mass is 9.95. The summed E-state index contributed by atoms with van der Waals surface area (Å²) in [6.45, 7) is 0.713. The first-order valence-corrected chi connectivity index (χ1v) is 13.8. The zero-order valence-corrected chi connectivity index (χ0v) is 23.3. The molecule has 8 N–H and O–H groups in total. The molecule has 3 aliphatic heterocycles. The Morgan fingerprint density at radius 1 is 0.886 bits per heavy atom. The van der Waals surface area contributed by atoms with E-state index in [0.29, 0.717) is 11.1 Å². The van der Waals surface area contributed by atoms with Crippen LogP contribution in [0.3, 0.4) is 0 Å². The van der Waals surface area contributed by atoms with E-state index in [1.54, 1.807) is 0 Å². The molecule has 15 nitrogen and oxygen atoms in total. The fraction of sp³-hybridized carbons (Fsp3) is 0.483. The van der Waals surface area contributed by atoms with E-state index in [9.17, 15) is 45.6 Å². The molecule has 0 bridgehead atoms. The molecule has 3 saturated heterocycles. The van der Waals surface area contributed by atoms with Gasteiger partial charge in [0.15, 0.2) is 41.7 Å². The maximum Gasteiger partial charge on any atom is 0.331 e. The predicted octanol–water partition coefficient (Wildman–Crippen LogP) is -0.479. The first-order valence-electron chi connectivity index (χ1n) is 13.8. The zero-order valence-electron chi connectivity index (χ0n) is 23.3. The quantitative estimate of drug-likeness (QED) is 0.111. The van der Waals surface area contributed by atoms with Crippen LogP contribution in [0.4, 0.5) is 0 Å². The summed E-state index contributed by atoms with van der Waals surface area (Å²) < 4.78 is 35.3. The third kappa shape index (κ3) is 6.61. The molecule has 2 aromatic rings. The molecule has 3 aliphatic rings. The maximum atomic E-state index is 13.0. The van der Waals surface area contributed by atoms with Gasteiger partial charge in [-0.25, -0.2) is 4.79 Å². The number of esters is 1. The van der Waals surface area contributed by atoms with Crippen molar-refractivity contribution in [3.05, 3.63) is 53.6 Å². The molecular weight excluding hydrogens is 588 g/mol. The van der Waals surface area contributed by atoms with E-state index in [-0.39, 0.29) is 18.1 Å². The molecule has 11 atom stereocenters. The van der Waals surface area contributed by atoms with Crippen molar-refractivity contribution >= 4 is 12.0 Å². The molecule has 240 valence electrons. The van der Waals surface area contributed by atoms with Gasteiger partial charge in [-0.05, 0) is 48.4 Å². The third-order valence-corrected chi connectivity index (χ3v) is 7.64. The molecule has 3 fully saturated rings. The van der Waals surface area contributed by atoms with E-state index in [1.807, 2.05) is 0 Å². The van der Waals surface area contributed by atoms with E-state index >= 15 is 0 Å². The second-order valence-corrected chi connectivity index (χ2v) is 10.7. The number of benzene rings is 2. The predicted molar refractivity (Wildman–Crippen MR) is 145 cm³/mol. The monoisotopic (exact) mass is 622 g/mol. The number of phenolic OH excluding ortho intramolecular Hbond substituents is 4. The Morgan fingerprint density at radius 2 is 1.59 bits per heavy atom. The Hall–Kier alpha value is -3.51. The van der Waals surface area contributed by atoms with Gasteiger partial charge < -0.3 is 69.3 Å². The van der Waals surface area contributed by atoms with Gasteiger partial charge in [-0.3, -0.25) is 0 Å². The molecule has 3 heterocycles. The molecule has 0 aliphatic carbocycles. The van der Waals surface area contributed by atoms with Crippen molar-refractivity contribution in [2.75, 3.05) is 13.2 Å². The van der Waals surface area contributed by atoms with Crippen molar-refractivity contribution < 1.29 is 74.1 Å². The molecule has 2 aromatic carbocycles. The number of phenols is 4. The van der Waals surface area contributed by atoms with Gasteiger partial charge in [0.1, 0.15) is 42.7 Å². The highest BCUT2D eigenvalue weighted by Crippen LogP contribution is 2.39. The van der Waals surface area contributed by atoms with Gasteiger partial charge in [0.2, 0.25) is 0 Å². The molecule has 44 heavy (non-hydrogen) atoms. The molecular formula is C29H34O15. The fourth-order valence-corrected chi connectivity index (χ4v) is 5.19. The molecule has 11 unspecified atom stereocenters. The van der Waals surface area contributed by atoms with Crippen molar-refractivity contribution in [2.24, 2.45) is 0 Å². The van der Waals surface area contributed by atoms with Crippen LogP contribution in [-0.2, 0) is 33.2 Å². The number of carbonyl (C=O) groups excluding carboxylic acids is 1. The Morgan fingerprint density at radius 3 is 2.27 bits per heavy atom. The molecule has 0 aromatic heterocycles. The van der Waals surface area contributed by atoms with Gasteiger partial charge in [-0.15, -0.1) is 0 Å². The maximum absolute atomic E-state index is 13.0. The number of aliphatic hydroxyl groups excluding tert-OH is 4. The summed E-state index contributed by atoms with van der Waals surface area (Å²) in [5.41, 5.74) is 0.768. The first kappa shape index (κ1) is 31.9. The van der Waals surface area contributed by atoms with Crippen LogP contribution in [0.25, 0.3) is 6.08 Å². The Bertz CT molecular complexity index is 1350. The van der Waals surface area contributed by atoms with Crippen LogP contribution < -0.4 is 0 Å². The Labute approximate surface area is 250 Å². The van der Waals surface area contributed by atoms with Gasteiger partial charge in [-0.1, -0.05) is 12.1 Å². The number of fused-ring (bicyclic) bond motifs is 1. The summed E-state index contributed by atoms with van der Waals surface area (Å²) in [4.78, 5) is 13.0. The molecule has 0 spiro atoms. The lowest BCUT2D eigenvalue weighted by Gasteiger charge is -2.50. The minimum absolute atomic E-state index is 0.0760. The van der Waals surface area contributed by atoms with Gasteiger partial charge in [-0.2, -0.15) is 0 Å². The number of aliphatic hydroxyl groups is 4. The Kier molecular flexibility index (Phi) is 9.59. The van der Waals surface area contributed by atoms with Crippen LogP contribution in [0.5, 0.6) is 23.0 Å². The second kappa shape index (κ2) is 13.2. The van der Waals surface area contributed by atoms with Crippen LogP contribution in [-0.4, -0.2) is 121 Å². The number of hydrogen-bond donors (Lipinski definition) is 8. The SMILES string of the molecule is CC1OC(OC2C(OC(=O)C=Cc3ccc(O)c(O)c3)C(CO)OC3OCC(c4ccc(O)c(O)c4)OC32)C(O)C(O)C1O. The minimum atomic E-state index is -1.73. The van der Waals surface area contributed by atoms with E-state index in [0.717, 1.165) is 6.08 Å². The second-order valence-electron chi connectivity index (χ2n) is 10.7. The van der Waals surface area contributed by atoms with Crippen molar-refractivity contribution in [2.45, 2.75) is 74.4 Å². The van der Waals surface area contributed by atoms with Crippen LogP contribution in [0, 0.1) is 0 Å². The topological polar surface area (TPSA) is 234 Å². The van der Waals surface area contributed by atoms with Crippen LogP contribution in [0.1, 0.15) is 24.2 Å². The number of rotatable bonds is 7. The molecule has 5 rings (SSSR count). The number of aromatic hydroxyl groups is 4. The standard InChI is InChI=1S/C29H34O15/c1-12-22(36)23(37)24(38)28(40-12)44-26-25(43-21(35)7-3-13-2-5-15(31)17(33)8-13)19(10-30)42-29-27(26)41-20(11-39-29)14-4-6-16(32)18(34)9-14/h2-9,12,19-20,22-34,36-38H,10-11H2,1H3. The third-order valence-electron chi connectivity index (χ3n) is 7.64.